The van der Waals surface area contributed by atoms with Crippen LogP contribution in [0.4, 0.5) is 5.69 Å². The van der Waals surface area contributed by atoms with Gasteiger partial charge in [-0.25, -0.2) is 0 Å². The molecule has 0 amide bonds. The smallest absolute Gasteiger partial charge is 0.269 e. The van der Waals surface area contributed by atoms with Gasteiger partial charge in [-0.3, -0.25) is 10.1 Å². The van der Waals surface area contributed by atoms with Gasteiger partial charge in [0.2, 0.25) is 0 Å². The molecular weight excluding hydrogens is 256 g/mol. The Morgan fingerprint density at radius 1 is 1.55 bits per heavy atom. The summed E-state index contributed by atoms with van der Waals surface area (Å²) in [4.78, 5) is 10.4. The maximum absolute atomic E-state index is 10.8. The minimum atomic E-state index is -0.353. The molecule has 0 bridgehead atoms. The van der Waals surface area contributed by atoms with Gasteiger partial charge in [0.1, 0.15) is 0 Å². The number of hydrogen-bond donors (Lipinski definition) is 1. The quantitative estimate of drug-likeness (QED) is 0.641. The lowest BCUT2D eigenvalue weighted by Crippen LogP contribution is -2.30. The SMILES string of the molecule is CCC1OCCC1CNC(C)c1cccc([N+](=O)[O-])c1. The van der Waals surface area contributed by atoms with Crippen LogP contribution in [0.2, 0.25) is 0 Å². The molecule has 3 atom stereocenters. The summed E-state index contributed by atoms with van der Waals surface area (Å²) in [6, 6.07) is 6.92. The Kier molecular flexibility index (Phi) is 5.09. The Bertz CT molecular complexity index is 464. The minimum Gasteiger partial charge on any atom is -0.378 e. The van der Waals surface area contributed by atoms with Crippen molar-refractivity contribution in [2.45, 2.75) is 38.8 Å². The molecule has 5 heteroatoms. The molecule has 0 aromatic heterocycles. The van der Waals surface area contributed by atoms with Gasteiger partial charge in [0.05, 0.1) is 11.0 Å². The van der Waals surface area contributed by atoms with Gasteiger partial charge < -0.3 is 10.1 Å². The first-order chi connectivity index (χ1) is 9.61. The van der Waals surface area contributed by atoms with E-state index in [4.69, 9.17) is 4.74 Å². The van der Waals surface area contributed by atoms with E-state index in [2.05, 4.69) is 12.2 Å². The molecule has 5 nitrogen and oxygen atoms in total. The third-order valence-electron chi connectivity index (χ3n) is 4.02. The minimum absolute atomic E-state index is 0.105. The number of nitrogens with zero attached hydrogens (tertiary/aromatic N) is 1. The molecular formula is C15H22N2O3. The highest BCUT2D eigenvalue weighted by atomic mass is 16.6. The fourth-order valence-electron chi connectivity index (χ4n) is 2.73. The summed E-state index contributed by atoms with van der Waals surface area (Å²) in [7, 11) is 0. The number of non-ortho nitro benzene ring substituents is 1. The van der Waals surface area contributed by atoms with E-state index in [0.717, 1.165) is 31.6 Å². The maximum Gasteiger partial charge on any atom is 0.269 e. The highest BCUT2D eigenvalue weighted by molar-refractivity contribution is 5.35. The lowest BCUT2D eigenvalue weighted by atomic mass is 9.98. The second-order valence-electron chi connectivity index (χ2n) is 5.35. The zero-order valence-electron chi connectivity index (χ0n) is 12.0. The van der Waals surface area contributed by atoms with Crippen LogP contribution in [0.25, 0.3) is 0 Å². The van der Waals surface area contributed by atoms with Crippen molar-refractivity contribution in [1.29, 1.82) is 0 Å². The predicted octanol–water partition coefficient (Wildman–Crippen LogP) is 3.06. The van der Waals surface area contributed by atoms with Crippen LogP contribution in [0.5, 0.6) is 0 Å². The van der Waals surface area contributed by atoms with Crippen molar-refractivity contribution >= 4 is 5.69 Å². The topological polar surface area (TPSA) is 64.4 Å². The molecule has 1 aliphatic heterocycles. The third kappa shape index (κ3) is 3.55. The van der Waals surface area contributed by atoms with Gasteiger partial charge in [0.15, 0.2) is 0 Å². The normalized spacial score (nSPS) is 23.7. The van der Waals surface area contributed by atoms with Gasteiger partial charge in [-0.2, -0.15) is 0 Å². The van der Waals surface area contributed by atoms with E-state index in [-0.39, 0.29) is 16.7 Å². The Balaban J connectivity index is 1.93. The van der Waals surface area contributed by atoms with Crippen LogP contribution < -0.4 is 5.32 Å². The van der Waals surface area contributed by atoms with Crippen LogP contribution >= 0.6 is 0 Å². The van der Waals surface area contributed by atoms with Crippen molar-refractivity contribution in [2.75, 3.05) is 13.2 Å². The monoisotopic (exact) mass is 278 g/mol. The molecule has 1 fully saturated rings. The zero-order valence-corrected chi connectivity index (χ0v) is 12.0. The maximum atomic E-state index is 10.8. The summed E-state index contributed by atoms with van der Waals surface area (Å²) in [6.07, 6.45) is 2.48. The number of benzene rings is 1. The van der Waals surface area contributed by atoms with E-state index in [1.54, 1.807) is 12.1 Å². The molecule has 0 radical (unpaired) electrons. The van der Waals surface area contributed by atoms with Crippen LogP contribution in [-0.4, -0.2) is 24.2 Å². The lowest BCUT2D eigenvalue weighted by Gasteiger charge is -2.20. The van der Waals surface area contributed by atoms with Crippen molar-refractivity contribution in [2.24, 2.45) is 5.92 Å². The average Bonchev–Trinajstić information content (AvgIpc) is 2.92. The molecule has 110 valence electrons. The van der Waals surface area contributed by atoms with Gasteiger partial charge in [-0.05, 0) is 31.2 Å². The van der Waals surface area contributed by atoms with Crippen LogP contribution in [0.1, 0.15) is 38.3 Å². The standard InChI is InChI=1S/C15H22N2O3/c1-3-15-13(7-8-20-15)10-16-11(2)12-5-4-6-14(9-12)17(18)19/h4-6,9,11,13,15-16H,3,7-8,10H2,1-2H3. The van der Waals surface area contributed by atoms with Crippen LogP contribution in [0.3, 0.4) is 0 Å². The molecule has 0 spiro atoms. The zero-order chi connectivity index (χ0) is 14.5. The van der Waals surface area contributed by atoms with Gasteiger partial charge in [0.25, 0.3) is 5.69 Å². The Hall–Kier alpha value is -1.46. The Morgan fingerprint density at radius 3 is 3.05 bits per heavy atom. The van der Waals surface area contributed by atoms with E-state index in [1.807, 2.05) is 13.0 Å². The highest BCUT2D eigenvalue weighted by Crippen LogP contribution is 2.24. The second kappa shape index (κ2) is 6.81. The summed E-state index contributed by atoms with van der Waals surface area (Å²) >= 11 is 0. The van der Waals surface area contributed by atoms with Crippen molar-refractivity contribution in [3.8, 4) is 0 Å². The Labute approximate surface area is 119 Å². The first-order valence-corrected chi connectivity index (χ1v) is 7.21. The summed E-state index contributed by atoms with van der Waals surface area (Å²) in [5.41, 5.74) is 1.10. The van der Waals surface area contributed by atoms with E-state index in [0.29, 0.717) is 12.0 Å². The van der Waals surface area contributed by atoms with E-state index < -0.39 is 0 Å². The van der Waals surface area contributed by atoms with Gasteiger partial charge in [-0.15, -0.1) is 0 Å². The molecule has 1 N–H and O–H groups in total. The second-order valence-corrected chi connectivity index (χ2v) is 5.35. The molecule has 1 heterocycles. The summed E-state index contributed by atoms with van der Waals surface area (Å²) < 4.78 is 5.67. The molecule has 1 aliphatic rings. The van der Waals surface area contributed by atoms with Crippen LogP contribution in [0.15, 0.2) is 24.3 Å². The Morgan fingerprint density at radius 2 is 2.35 bits per heavy atom. The molecule has 1 aromatic rings. The van der Waals surface area contributed by atoms with Gasteiger partial charge >= 0.3 is 0 Å². The molecule has 2 rings (SSSR count). The van der Waals surface area contributed by atoms with E-state index in [1.165, 1.54) is 6.07 Å². The van der Waals surface area contributed by atoms with E-state index >= 15 is 0 Å². The molecule has 0 saturated carbocycles. The summed E-state index contributed by atoms with van der Waals surface area (Å²) in [6.45, 7) is 5.92. The summed E-state index contributed by atoms with van der Waals surface area (Å²) in [5, 5.41) is 14.3. The number of nitro groups is 1. The van der Waals surface area contributed by atoms with Crippen LogP contribution in [-0.2, 0) is 4.74 Å². The number of nitro benzene ring substituents is 1. The summed E-state index contributed by atoms with van der Waals surface area (Å²) in [5.74, 6) is 0.543. The first-order valence-electron chi connectivity index (χ1n) is 7.21. The van der Waals surface area contributed by atoms with Crippen molar-refractivity contribution in [3.63, 3.8) is 0 Å². The molecule has 20 heavy (non-hydrogen) atoms. The van der Waals surface area contributed by atoms with Crippen molar-refractivity contribution < 1.29 is 9.66 Å². The van der Waals surface area contributed by atoms with Crippen molar-refractivity contribution in [1.82, 2.24) is 5.32 Å². The number of nitrogens with one attached hydrogen (secondary N) is 1. The number of rotatable bonds is 6. The van der Waals surface area contributed by atoms with Gasteiger partial charge in [0, 0.05) is 31.3 Å². The fraction of sp³-hybridized carbons (Fsp3) is 0.600. The molecule has 1 aromatic carbocycles. The highest BCUT2D eigenvalue weighted by Gasteiger charge is 2.26. The van der Waals surface area contributed by atoms with Gasteiger partial charge in [-0.1, -0.05) is 19.1 Å². The van der Waals surface area contributed by atoms with E-state index in [9.17, 15) is 10.1 Å². The fourth-order valence-corrected chi connectivity index (χ4v) is 2.73. The lowest BCUT2D eigenvalue weighted by molar-refractivity contribution is -0.384. The predicted molar refractivity (Wildman–Crippen MR) is 77.7 cm³/mol. The molecule has 3 unspecified atom stereocenters. The number of hydrogen-bond acceptors (Lipinski definition) is 4. The first kappa shape index (κ1) is 14.9. The molecule has 0 aliphatic carbocycles. The largest absolute Gasteiger partial charge is 0.378 e. The number of ether oxygens (including phenoxy) is 1. The average molecular weight is 278 g/mol. The van der Waals surface area contributed by atoms with Crippen molar-refractivity contribution in [3.05, 3.63) is 39.9 Å². The molecule has 1 saturated heterocycles. The third-order valence-corrected chi connectivity index (χ3v) is 4.02. The van der Waals surface area contributed by atoms with Crippen LogP contribution in [0, 0.1) is 16.0 Å².